The Morgan fingerprint density at radius 1 is 1.17 bits per heavy atom. The summed E-state index contributed by atoms with van der Waals surface area (Å²) in [6.45, 7) is 6.29. The number of rotatable bonds is 3. The molecule has 0 aliphatic heterocycles. The molecular formula is C17H12F3N3O. The molecule has 0 fully saturated rings. The molecule has 0 amide bonds. The molecule has 0 atom stereocenters. The molecule has 122 valence electrons. The van der Waals surface area contributed by atoms with E-state index < -0.39 is 45.9 Å². The van der Waals surface area contributed by atoms with E-state index in [0.29, 0.717) is 5.39 Å². The van der Waals surface area contributed by atoms with Crippen LogP contribution in [0, 0.1) is 11.6 Å². The van der Waals surface area contributed by atoms with Crippen molar-refractivity contribution in [3.05, 3.63) is 60.4 Å². The van der Waals surface area contributed by atoms with Crippen molar-refractivity contribution in [2.75, 3.05) is 5.73 Å². The Bertz CT molecular complexity index is 1010. The molecule has 0 aliphatic rings. The Balaban J connectivity index is 2.37. The van der Waals surface area contributed by atoms with E-state index in [-0.39, 0.29) is 11.1 Å². The molecule has 3 aromatic rings. The van der Waals surface area contributed by atoms with Crippen LogP contribution < -0.4 is 5.73 Å². The van der Waals surface area contributed by atoms with Gasteiger partial charge in [0.1, 0.15) is 23.0 Å². The first-order valence-electron chi connectivity index (χ1n) is 6.80. The van der Waals surface area contributed by atoms with Crippen LogP contribution in [0.1, 0.15) is 11.3 Å². The number of pyridine rings is 1. The van der Waals surface area contributed by atoms with Gasteiger partial charge in [0.25, 0.3) is 0 Å². The molecule has 0 spiro atoms. The number of nitrogen functional groups attached to an aromatic ring is 1. The maximum atomic E-state index is 14.6. The van der Waals surface area contributed by atoms with Crippen molar-refractivity contribution in [3.8, 4) is 11.3 Å². The molecule has 0 saturated carbocycles. The summed E-state index contributed by atoms with van der Waals surface area (Å²) in [6, 6.07) is 4.54. The lowest BCUT2D eigenvalue weighted by molar-refractivity contribution is 0.509. The number of hydrogen-bond acceptors (Lipinski definition) is 3. The van der Waals surface area contributed by atoms with E-state index in [1.54, 1.807) is 12.1 Å². The first-order valence-corrected chi connectivity index (χ1v) is 6.80. The van der Waals surface area contributed by atoms with Crippen molar-refractivity contribution in [3.63, 3.8) is 0 Å². The van der Waals surface area contributed by atoms with Gasteiger partial charge in [0.15, 0.2) is 11.6 Å². The molecule has 24 heavy (non-hydrogen) atoms. The van der Waals surface area contributed by atoms with Crippen molar-refractivity contribution in [2.45, 2.75) is 0 Å². The number of nitrogens with two attached hydrogens (primary N) is 1. The molecule has 0 radical (unpaired) electrons. The van der Waals surface area contributed by atoms with E-state index in [0.717, 1.165) is 0 Å². The highest BCUT2D eigenvalue weighted by Crippen LogP contribution is 2.36. The van der Waals surface area contributed by atoms with Gasteiger partial charge in [-0.15, -0.1) is 0 Å². The highest BCUT2D eigenvalue weighted by molar-refractivity contribution is 5.87. The topological polar surface area (TPSA) is 74.9 Å². The average Bonchev–Trinajstić information content (AvgIpc) is 2.99. The standard InChI is InChI=1S/C17H12F3N3O/c1-7(18)11-14(21)13(20)17(23-15(11)8(2)24)10-4-3-9-5-6-22-16(9)12(10)19/h3-6,22,24H,1-2H2,(H2,21,23). The zero-order valence-electron chi connectivity index (χ0n) is 12.3. The van der Waals surface area contributed by atoms with Gasteiger partial charge in [-0.3, -0.25) is 0 Å². The number of aromatic nitrogens is 2. The van der Waals surface area contributed by atoms with Gasteiger partial charge in [0.05, 0.1) is 16.8 Å². The Morgan fingerprint density at radius 2 is 1.88 bits per heavy atom. The third-order valence-corrected chi connectivity index (χ3v) is 3.64. The van der Waals surface area contributed by atoms with Crippen LogP contribution in [0.5, 0.6) is 0 Å². The summed E-state index contributed by atoms with van der Waals surface area (Å²) in [6.07, 6.45) is 1.53. The first-order chi connectivity index (χ1) is 11.3. The second-order valence-corrected chi connectivity index (χ2v) is 5.13. The second-order valence-electron chi connectivity index (χ2n) is 5.13. The molecule has 3 rings (SSSR count). The molecule has 0 bridgehead atoms. The fraction of sp³-hybridized carbons (Fsp3) is 0. The third-order valence-electron chi connectivity index (χ3n) is 3.64. The summed E-state index contributed by atoms with van der Waals surface area (Å²) in [5, 5.41) is 10.2. The van der Waals surface area contributed by atoms with Crippen LogP contribution in [0.4, 0.5) is 18.9 Å². The number of nitrogens with one attached hydrogen (secondary N) is 1. The highest BCUT2D eigenvalue weighted by Gasteiger charge is 2.24. The predicted octanol–water partition coefficient (Wildman–Crippen LogP) is 4.56. The fourth-order valence-corrected chi connectivity index (χ4v) is 2.52. The van der Waals surface area contributed by atoms with Crippen LogP contribution in [0.3, 0.4) is 0 Å². The van der Waals surface area contributed by atoms with Gasteiger partial charge in [-0.2, -0.15) is 0 Å². The van der Waals surface area contributed by atoms with Crippen molar-refractivity contribution < 1.29 is 18.3 Å². The third kappa shape index (κ3) is 2.21. The number of H-pyrrole nitrogens is 1. The smallest absolute Gasteiger partial charge is 0.173 e. The van der Waals surface area contributed by atoms with Crippen LogP contribution in [0.2, 0.25) is 0 Å². The summed E-state index contributed by atoms with van der Waals surface area (Å²) in [4.78, 5) is 6.52. The van der Waals surface area contributed by atoms with Crippen molar-refractivity contribution in [1.29, 1.82) is 0 Å². The summed E-state index contributed by atoms with van der Waals surface area (Å²) in [5.74, 6) is -3.59. The second kappa shape index (κ2) is 5.45. The molecule has 1 aromatic carbocycles. The van der Waals surface area contributed by atoms with Crippen molar-refractivity contribution in [2.24, 2.45) is 0 Å². The van der Waals surface area contributed by atoms with Gasteiger partial charge >= 0.3 is 0 Å². The molecule has 0 unspecified atom stereocenters. The van der Waals surface area contributed by atoms with Gasteiger partial charge in [-0.25, -0.2) is 18.2 Å². The molecule has 0 aliphatic carbocycles. The first kappa shape index (κ1) is 15.7. The summed E-state index contributed by atoms with van der Waals surface area (Å²) in [7, 11) is 0. The van der Waals surface area contributed by atoms with Gasteiger partial charge in [0, 0.05) is 17.1 Å². The minimum atomic E-state index is -1.11. The predicted molar refractivity (Wildman–Crippen MR) is 87.7 cm³/mol. The zero-order valence-corrected chi connectivity index (χ0v) is 12.3. The SMILES string of the molecule is C=C(O)c1nc(-c2ccc3cc[nH]c3c2F)c(F)c(N)c1C(=C)F. The van der Waals surface area contributed by atoms with Crippen LogP contribution in [-0.4, -0.2) is 15.1 Å². The van der Waals surface area contributed by atoms with E-state index >= 15 is 0 Å². The molecule has 4 nitrogen and oxygen atoms in total. The van der Waals surface area contributed by atoms with Crippen LogP contribution in [0.15, 0.2) is 37.6 Å². The van der Waals surface area contributed by atoms with Gasteiger partial charge in [0.2, 0.25) is 0 Å². The number of benzene rings is 1. The molecular weight excluding hydrogens is 319 g/mol. The summed E-state index contributed by atoms with van der Waals surface area (Å²) in [5.41, 5.74) is 3.57. The van der Waals surface area contributed by atoms with Gasteiger partial charge < -0.3 is 15.8 Å². The summed E-state index contributed by atoms with van der Waals surface area (Å²) >= 11 is 0. The molecule has 2 aromatic heterocycles. The number of aliphatic hydroxyl groups is 1. The molecule has 0 saturated heterocycles. The molecule has 7 heteroatoms. The van der Waals surface area contributed by atoms with Crippen LogP contribution in [0.25, 0.3) is 33.7 Å². The normalized spacial score (nSPS) is 11.0. The van der Waals surface area contributed by atoms with E-state index in [9.17, 15) is 18.3 Å². The summed E-state index contributed by atoms with van der Waals surface area (Å²) < 4.78 is 42.8. The number of anilines is 1. The zero-order chi connectivity index (χ0) is 17.6. The monoisotopic (exact) mass is 331 g/mol. The quantitative estimate of drug-likeness (QED) is 0.616. The maximum Gasteiger partial charge on any atom is 0.173 e. The average molecular weight is 331 g/mol. The number of nitrogens with zero attached hydrogens (tertiary/aromatic N) is 1. The van der Waals surface area contributed by atoms with E-state index in [1.807, 2.05) is 0 Å². The molecule has 4 N–H and O–H groups in total. The maximum absolute atomic E-state index is 14.6. The van der Waals surface area contributed by atoms with Gasteiger partial charge in [-0.1, -0.05) is 19.2 Å². The van der Waals surface area contributed by atoms with Crippen molar-refractivity contribution >= 4 is 28.2 Å². The number of aliphatic hydroxyl groups excluding tert-OH is 1. The fourth-order valence-electron chi connectivity index (χ4n) is 2.52. The van der Waals surface area contributed by atoms with Crippen molar-refractivity contribution in [1.82, 2.24) is 9.97 Å². The van der Waals surface area contributed by atoms with Gasteiger partial charge in [-0.05, 0) is 12.1 Å². The van der Waals surface area contributed by atoms with Crippen LogP contribution in [-0.2, 0) is 0 Å². The lowest BCUT2D eigenvalue weighted by atomic mass is 10.0. The minimum Gasteiger partial charge on any atom is -0.506 e. The lowest BCUT2D eigenvalue weighted by Crippen LogP contribution is -2.07. The Labute approximate surface area is 134 Å². The number of aromatic amines is 1. The van der Waals surface area contributed by atoms with E-state index in [2.05, 4.69) is 23.1 Å². The van der Waals surface area contributed by atoms with E-state index in [4.69, 9.17) is 5.73 Å². The Morgan fingerprint density at radius 3 is 2.50 bits per heavy atom. The largest absolute Gasteiger partial charge is 0.506 e. The number of hydrogen-bond donors (Lipinski definition) is 3. The number of fused-ring (bicyclic) bond motifs is 1. The number of halogens is 3. The van der Waals surface area contributed by atoms with Crippen LogP contribution >= 0.6 is 0 Å². The Hall–Kier alpha value is -3.22. The van der Waals surface area contributed by atoms with E-state index in [1.165, 1.54) is 12.3 Å². The Kier molecular flexibility index (Phi) is 3.56. The lowest BCUT2D eigenvalue weighted by Gasteiger charge is -2.14. The highest BCUT2D eigenvalue weighted by atomic mass is 19.1. The molecule has 2 heterocycles. The minimum absolute atomic E-state index is 0.163.